The maximum Gasteiger partial charge on any atom is 0.0931 e. The van der Waals surface area contributed by atoms with Crippen molar-refractivity contribution in [1.29, 1.82) is 0 Å². The van der Waals surface area contributed by atoms with Gasteiger partial charge in [0.05, 0.1) is 16.5 Å². The number of likely N-dealkylation sites (N-methyl/N-ethyl adjacent to an activating group) is 1. The molecule has 0 fully saturated rings. The number of nitrogens with two attached hydrogens (primary N) is 1. The maximum atomic E-state index is 9.56. The van der Waals surface area contributed by atoms with Crippen molar-refractivity contribution >= 4 is 22.9 Å². The first kappa shape index (κ1) is 10.9. The summed E-state index contributed by atoms with van der Waals surface area (Å²) in [5.74, 6) is 0. The fraction of sp³-hybridized carbons (Fsp3) is 0.500. The Morgan fingerprint density at radius 1 is 1.69 bits per heavy atom. The molecule has 3 nitrogen and oxygen atoms in total. The Morgan fingerprint density at radius 3 is 2.77 bits per heavy atom. The van der Waals surface area contributed by atoms with Crippen LogP contribution in [-0.2, 0) is 0 Å². The Labute approximate surface area is 86.5 Å². The molecule has 74 valence electrons. The van der Waals surface area contributed by atoms with Crippen LogP contribution >= 0.6 is 22.9 Å². The van der Waals surface area contributed by atoms with Gasteiger partial charge < -0.3 is 16.2 Å². The highest BCUT2D eigenvalue weighted by molar-refractivity contribution is 7.16. The molecular formula is C8H13ClN2OS. The Kier molecular flexibility index (Phi) is 4.15. The van der Waals surface area contributed by atoms with Crippen molar-refractivity contribution in [3.8, 4) is 0 Å². The average Bonchev–Trinajstić information content (AvgIpc) is 2.53. The number of hydrogen-bond donors (Lipinski definition) is 3. The van der Waals surface area contributed by atoms with Crippen LogP contribution in [0.5, 0.6) is 0 Å². The Bertz CT molecular complexity index is 266. The highest BCUT2D eigenvalue weighted by atomic mass is 35.5. The zero-order valence-electron chi connectivity index (χ0n) is 7.33. The van der Waals surface area contributed by atoms with Gasteiger partial charge in [0.15, 0.2) is 0 Å². The Balaban J connectivity index is 2.77. The van der Waals surface area contributed by atoms with Crippen LogP contribution in [-0.4, -0.2) is 24.8 Å². The molecule has 1 rings (SSSR count). The van der Waals surface area contributed by atoms with E-state index in [-0.39, 0.29) is 12.6 Å². The summed E-state index contributed by atoms with van der Waals surface area (Å²) in [7, 11) is 1.79. The maximum absolute atomic E-state index is 9.56. The van der Waals surface area contributed by atoms with Crippen molar-refractivity contribution in [2.75, 3.05) is 13.6 Å². The van der Waals surface area contributed by atoms with Crippen LogP contribution in [0.3, 0.4) is 0 Å². The first-order valence-electron chi connectivity index (χ1n) is 3.99. The van der Waals surface area contributed by atoms with Crippen molar-refractivity contribution in [2.45, 2.75) is 12.1 Å². The molecule has 0 aromatic carbocycles. The molecule has 4 N–H and O–H groups in total. The molecule has 0 amide bonds. The molecule has 0 saturated heterocycles. The third kappa shape index (κ3) is 2.65. The van der Waals surface area contributed by atoms with E-state index in [1.807, 2.05) is 12.1 Å². The molecule has 1 aromatic heterocycles. The van der Waals surface area contributed by atoms with Crippen molar-refractivity contribution in [3.63, 3.8) is 0 Å². The predicted molar refractivity (Wildman–Crippen MR) is 56.2 cm³/mol. The summed E-state index contributed by atoms with van der Waals surface area (Å²) in [5.41, 5.74) is 5.37. The van der Waals surface area contributed by atoms with E-state index in [4.69, 9.17) is 17.3 Å². The third-order valence-corrected chi connectivity index (χ3v) is 3.15. The second-order valence-electron chi connectivity index (χ2n) is 2.71. The lowest BCUT2D eigenvalue weighted by molar-refractivity contribution is 0.140. The van der Waals surface area contributed by atoms with Gasteiger partial charge in [-0.15, -0.1) is 11.3 Å². The molecule has 13 heavy (non-hydrogen) atoms. The lowest BCUT2D eigenvalue weighted by atomic mass is 10.1. The molecule has 1 heterocycles. The normalized spacial score (nSPS) is 15.7. The minimum atomic E-state index is -0.570. The minimum absolute atomic E-state index is 0.123. The largest absolute Gasteiger partial charge is 0.390 e. The van der Waals surface area contributed by atoms with Gasteiger partial charge in [0.2, 0.25) is 0 Å². The zero-order valence-corrected chi connectivity index (χ0v) is 8.90. The van der Waals surface area contributed by atoms with Gasteiger partial charge in [-0.25, -0.2) is 0 Å². The van der Waals surface area contributed by atoms with E-state index in [1.54, 1.807) is 7.05 Å². The third-order valence-electron chi connectivity index (χ3n) is 1.84. The molecule has 0 saturated carbocycles. The number of aliphatic hydroxyl groups excluding tert-OH is 1. The molecule has 0 aliphatic heterocycles. The summed E-state index contributed by atoms with van der Waals surface area (Å²) >= 11 is 7.24. The van der Waals surface area contributed by atoms with E-state index in [0.717, 1.165) is 9.21 Å². The van der Waals surface area contributed by atoms with Gasteiger partial charge in [0, 0.05) is 11.4 Å². The Hall–Kier alpha value is -0.130. The van der Waals surface area contributed by atoms with E-state index in [1.165, 1.54) is 11.3 Å². The lowest BCUT2D eigenvalue weighted by Gasteiger charge is -2.19. The summed E-state index contributed by atoms with van der Waals surface area (Å²) in [4.78, 5) is 1.01. The quantitative estimate of drug-likeness (QED) is 0.709. The van der Waals surface area contributed by atoms with E-state index in [9.17, 15) is 5.11 Å². The van der Waals surface area contributed by atoms with Gasteiger partial charge >= 0.3 is 0 Å². The van der Waals surface area contributed by atoms with Crippen LogP contribution in [0, 0.1) is 0 Å². The molecule has 2 atom stereocenters. The molecular weight excluding hydrogens is 208 g/mol. The predicted octanol–water partition coefficient (Wildman–Crippen LogP) is 0.982. The van der Waals surface area contributed by atoms with E-state index in [2.05, 4.69) is 5.32 Å². The van der Waals surface area contributed by atoms with Gasteiger partial charge in [-0.1, -0.05) is 11.6 Å². The fourth-order valence-electron chi connectivity index (χ4n) is 1.16. The van der Waals surface area contributed by atoms with Gasteiger partial charge in [-0.3, -0.25) is 0 Å². The smallest absolute Gasteiger partial charge is 0.0931 e. The van der Waals surface area contributed by atoms with Crippen molar-refractivity contribution < 1.29 is 5.11 Å². The molecule has 1 aromatic rings. The van der Waals surface area contributed by atoms with E-state index >= 15 is 0 Å². The number of nitrogens with one attached hydrogen (secondary N) is 1. The SMILES string of the molecule is CNC(c1ccc(Cl)s1)C(O)CN. The van der Waals surface area contributed by atoms with E-state index in [0.29, 0.717) is 0 Å². The van der Waals surface area contributed by atoms with E-state index < -0.39 is 6.10 Å². The van der Waals surface area contributed by atoms with Crippen LogP contribution < -0.4 is 11.1 Å². The average molecular weight is 221 g/mol. The van der Waals surface area contributed by atoms with Crippen molar-refractivity contribution in [2.24, 2.45) is 5.73 Å². The monoisotopic (exact) mass is 220 g/mol. The second kappa shape index (κ2) is 4.93. The molecule has 5 heteroatoms. The fourth-order valence-corrected chi connectivity index (χ4v) is 2.39. The number of thiophene rings is 1. The van der Waals surface area contributed by atoms with Crippen LogP contribution in [0.2, 0.25) is 4.34 Å². The summed E-state index contributed by atoms with van der Waals surface area (Å²) < 4.78 is 0.722. The molecule has 0 bridgehead atoms. The summed E-state index contributed by atoms with van der Waals surface area (Å²) in [5, 5.41) is 12.6. The molecule has 2 unspecified atom stereocenters. The lowest BCUT2D eigenvalue weighted by Crippen LogP contribution is -2.34. The first-order chi connectivity index (χ1) is 6.19. The van der Waals surface area contributed by atoms with Gasteiger partial charge in [-0.05, 0) is 19.2 Å². The van der Waals surface area contributed by atoms with Crippen LogP contribution in [0.4, 0.5) is 0 Å². The minimum Gasteiger partial charge on any atom is -0.390 e. The van der Waals surface area contributed by atoms with Crippen molar-refractivity contribution in [1.82, 2.24) is 5.32 Å². The molecule has 0 spiro atoms. The summed E-state index contributed by atoms with van der Waals surface area (Å²) in [6.07, 6.45) is -0.570. The van der Waals surface area contributed by atoms with Gasteiger partial charge in [0.1, 0.15) is 0 Å². The van der Waals surface area contributed by atoms with Crippen LogP contribution in [0.25, 0.3) is 0 Å². The van der Waals surface area contributed by atoms with Crippen LogP contribution in [0.15, 0.2) is 12.1 Å². The second-order valence-corrected chi connectivity index (χ2v) is 4.46. The number of aliphatic hydroxyl groups is 1. The summed E-state index contributed by atoms with van der Waals surface area (Å²) in [6, 6.07) is 3.59. The highest BCUT2D eigenvalue weighted by Gasteiger charge is 2.19. The topological polar surface area (TPSA) is 58.3 Å². The standard InChI is InChI=1S/C8H13ClN2OS/c1-11-8(5(12)4-10)6-2-3-7(9)13-6/h2-3,5,8,11-12H,4,10H2,1H3. The number of rotatable bonds is 4. The molecule has 0 aliphatic carbocycles. The zero-order chi connectivity index (χ0) is 9.84. The van der Waals surface area contributed by atoms with Gasteiger partial charge in [0.25, 0.3) is 0 Å². The number of halogens is 1. The highest BCUT2D eigenvalue weighted by Crippen LogP contribution is 2.28. The summed E-state index contributed by atoms with van der Waals surface area (Å²) in [6.45, 7) is 0.237. The first-order valence-corrected chi connectivity index (χ1v) is 5.19. The molecule has 0 aliphatic rings. The van der Waals surface area contributed by atoms with Gasteiger partial charge in [-0.2, -0.15) is 0 Å². The number of hydrogen-bond acceptors (Lipinski definition) is 4. The Morgan fingerprint density at radius 2 is 2.38 bits per heavy atom. The molecule has 0 radical (unpaired) electrons. The van der Waals surface area contributed by atoms with Crippen LogP contribution in [0.1, 0.15) is 10.9 Å². The van der Waals surface area contributed by atoms with Crippen molar-refractivity contribution in [3.05, 3.63) is 21.3 Å².